The zero-order valence-corrected chi connectivity index (χ0v) is 13.2. The topological polar surface area (TPSA) is 26.3 Å². The van der Waals surface area contributed by atoms with Crippen LogP contribution in [0.2, 0.25) is 0 Å². The molecule has 2 aromatic rings. The van der Waals surface area contributed by atoms with Crippen LogP contribution in [-0.2, 0) is 5.41 Å². The van der Waals surface area contributed by atoms with Gasteiger partial charge in [-0.15, -0.1) is 11.3 Å². The van der Waals surface area contributed by atoms with Crippen molar-refractivity contribution in [3.63, 3.8) is 0 Å². The van der Waals surface area contributed by atoms with E-state index in [1.807, 2.05) is 30.5 Å². The Hall–Kier alpha value is -1.61. The second-order valence-electron chi connectivity index (χ2n) is 5.92. The van der Waals surface area contributed by atoms with E-state index >= 15 is 0 Å². The standard InChI is InChI=1S/C17H20O2S/c1-12-10-13(17(2,3)4)7-8-15(12)19-11-14(18)16-6-5-9-20-16/h5-10H,11H2,1-4H3. The van der Waals surface area contributed by atoms with Crippen molar-refractivity contribution in [3.05, 3.63) is 51.7 Å². The molecule has 0 N–H and O–H groups in total. The third-order valence-electron chi connectivity index (χ3n) is 3.20. The van der Waals surface area contributed by atoms with Crippen molar-refractivity contribution in [2.45, 2.75) is 33.1 Å². The molecule has 0 saturated heterocycles. The minimum Gasteiger partial charge on any atom is -0.485 e. The molecule has 1 aromatic heterocycles. The van der Waals surface area contributed by atoms with Crippen LogP contribution in [0, 0.1) is 6.92 Å². The molecule has 3 heteroatoms. The molecule has 2 rings (SSSR count). The summed E-state index contributed by atoms with van der Waals surface area (Å²) >= 11 is 1.45. The molecule has 0 radical (unpaired) electrons. The maximum Gasteiger partial charge on any atom is 0.210 e. The fourth-order valence-corrected chi connectivity index (χ4v) is 2.58. The van der Waals surface area contributed by atoms with Crippen LogP contribution in [0.15, 0.2) is 35.7 Å². The van der Waals surface area contributed by atoms with Crippen LogP contribution in [-0.4, -0.2) is 12.4 Å². The number of carbonyl (C=O) groups is 1. The number of carbonyl (C=O) groups excluding carboxylic acids is 1. The lowest BCUT2D eigenvalue weighted by Gasteiger charge is -2.20. The number of Topliss-reactive ketones (excluding diaryl/α,β-unsaturated/α-hetero) is 1. The predicted molar refractivity (Wildman–Crippen MR) is 84.0 cm³/mol. The maximum atomic E-state index is 11.9. The average molecular weight is 288 g/mol. The predicted octanol–water partition coefficient (Wildman–Crippen LogP) is 4.62. The number of hydrogen-bond acceptors (Lipinski definition) is 3. The molecule has 106 valence electrons. The fourth-order valence-electron chi connectivity index (χ4n) is 1.93. The lowest BCUT2D eigenvalue weighted by atomic mass is 9.86. The normalized spacial score (nSPS) is 11.4. The van der Waals surface area contributed by atoms with E-state index in [0.717, 1.165) is 16.2 Å². The number of ether oxygens (including phenoxy) is 1. The summed E-state index contributed by atoms with van der Waals surface area (Å²) in [5.41, 5.74) is 2.46. The number of benzene rings is 1. The average Bonchev–Trinajstić information content (AvgIpc) is 2.89. The van der Waals surface area contributed by atoms with E-state index < -0.39 is 0 Å². The Morgan fingerprint density at radius 1 is 1.25 bits per heavy atom. The monoisotopic (exact) mass is 288 g/mol. The Morgan fingerprint density at radius 3 is 2.55 bits per heavy atom. The number of ketones is 1. The molecule has 0 atom stereocenters. The summed E-state index contributed by atoms with van der Waals surface area (Å²) in [6.45, 7) is 8.66. The van der Waals surface area contributed by atoms with Crippen LogP contribution in [0.1, 0.15) is 41.6 Å². The zero-order valence-electron chi connectivity index (χ0n) is 12.4. The first kappa shape index (κ1) is 14.8. The molecule has 0 aliphatic rings. The molecule has 0 aliphatic heterocycles. The molecule has 0 saturated carbocycles. The van der Waals surface area contributed by atoms with E-state index in [-0.39, 0.29) is 17.8 Å². The molecule has 2 nitrogen and oxygen atoms in total. The van der Waals surface area contributed by atoms with Gasteiger partial charge in [-0.25, -0.2) is 0 Å². The van der Waals surface area contributed by atoms with Crippen molar-refractivity contribution in [2.24, 2.45) is 0 Å². The third kappa shape index (κ3) is 3.48. The van der Waals surface area contributed by atoms with Gasteiger partial charge >= 0.3 is 0 Å². The van der Waals surface area contributed by atoms with Gasteiger partial charge in [0.15, 0.2) is 6.61 Å². The second-order valence-corrected chi connectivity index (χ2v) is 6.87. The lowest BCUT2D eigenvalue weighted by Crippen LogP contribution is -2.13. The van der Waals surface area contributed by atoms with Gasteiger partial charge in [-0.1, -0.05) is 39.0 Å². The Morgan fingerprint density at radius 2 is 2.00 bits per heavy atom. The zero-order chi connectivity index (χ0) is 14.8. The van der Waals surface area contributed by atoms with Gasteiger partial charge in [0.25, 0.3) is 0 Å². The van der Waals surface area contributed by atoms with Crippen LogP contribution >= 0.6 is 11.3 Å². The third-order valence-corrected chi connectivity index (χ3v) is 4.11. The minimum atomic E-state index is 0.0271. The van der Waals surface area contributed by atoms with Crippen LogP contribution in [0.3, 0.4) is 0 Å². The van der Waals surface area contributed by atoms with Gasteiger partial charge in [-0.2, -0.15) is 0 Å². The fraction of sp³-hybridized carbons (Fsp3) is 0.353. The highest BCUT2D eigenvalue weighted by Crippen LogP contribution is 2.27. The number of rotatable bonds is 4. The molecule has 0 bridgehead atoms. The van der Waals surface area contributed by atoms with Crippen molar-refractivity contribution in [3.8, 4) is 5.75 Å². The summed E-state index contributed by atoms with van der Waals surface area (Å²) in [5, 5.41) is 1.90. The summed E-state index contributed by atoms with van der Waals surface area (Å²) in [5.74, 6) is 0.808. The molecule has 1 aromatic carbocycles. The number of aryl methyl sites for hydroxylation is 1. The van der Waals surface area contributed by atoms with Crippen LogP contribution < -0.4 is 4.74 Å². The Labute approximate surface area is 124 Å². The quantitative estimate of drug-likeness (QED) is 0.768. The Bertz CT molecular complexity index is 592. The molecule has 20 heavy (non-hydrogen) atoms. The highest BCUT2D eigenvalue weighted by molar-refractivity contribution is 7.12. The Kier molecular flexibility index (Phi) is 4.29. The number of hydrogen-bond donors (Lipinski definition) is 0. The summed E-state index contributed by atoms with van der Waals surface area (Å²) in [6.07, 6.45) is 0. The molecular weight excluding hydrogens is 268 g/mol. The maximum absolute atomic E-state index is 11.9. The highest BCUT2D eigenvalue weighted by atomic mass is 32.1. The van der Waals surface area contributed by atoms with E-state index in [1.54, 1.807) is 0 Å². The smallest absolute Gasteiger partial charge is 0.210 e. The van der Waals surface area contributed by atoms with Crippen molar-refractivity contribution in [1.82, 2.24) is 0 Å². The molecular formula is C17H20O2S. The van der Waals surface area contributed by atoms with Gasteiger partial charge in [0.2, 0.25) is 5.78 Å². The van der Waals surface area contributed by atoms with Crippen molar-refractivity contribution >= 4 is 17.1 Å². The first-order valence-electron chi connectivity index (χ1n) is 6.68. The molecule has 1 heterocycles. The van der Waals surface area contributed by atoms with E-state index in [2.05, 4.69) is 32.9 Å². The van der Waals surface area contributed by atoms with E-state index in [1.165, 1.54) is 16.9 Å². The van der Waals surface area contributed by atoms with Crippen LogP contribution in [0.5, 0.6) is 5.75 Å². The SMILES string of the molecule is Cc1cc(C(C)(C)C)ccc1OCC(=O)c1cccs1. The summed E-state index contributed by atoms with van der Waals surface area (Å²) in [7, 11) is 0. The molecule has 0 aliphatic carbocycles. The molecule has 0 fully saturated rings. The van der Waals surface area contributed by atoms with E-state index in [9.17, 15) is 4.79 Å². The van der Waals surface area contributed by atoms with Crippen molar-refractivity contribution in [1.29, 1.82) is 0 Å². The molecule has 0 unspecified atom stereocenters. The summed E-state index contributed by atoms with van der Waals surface area (Å²) < 4.78 is 5.65. The van der Waals surface area contributed by atoms with Crippen molar-refractivity contribution in [2.75, 3.05) is 6.61 Å². The highest BCUT2D eigenvalue weighted by Gasteiger charge is 2.15. The van der Waals surface area contributed by atoms with E-state index in [0.29, 0.717) is 0 Å². The van der Waals surface area contributed by atoms with Gasteiger partial charge in [0.05, 0.1) is 4.88 Å². The lowest BCUT2D eigenvalue weighted by molar-refractivity contribution is 0.0925. The minimum absolute atomic E-state index is 0.0271. The Balaban J connectivity index is 2.06. The molecule has 0 amide bonds. The van der Waals surface area contributed by atoms with Crippen molar-refractivity contribution < 1.29 is 9.53 Å². The summed E-state index contributed by atoms with van der Waals surface area (Å²) in [6, 6.07) is 9.85. The first-order chi connectivity index (χ1) is 9.38. The van der Waals surface area contributed by atoms with Gasteiger partial charge in [0, 0.05) is 0 Å². The van der Waals surface area contributed by atoms with Gasteiger partial charge in [-0.05, 0) is 41.0 Å². The van der Waals surface area contributed by atoms with Gasteiger partial charge in [-0.3, -0.25) is 4.79 Å². The van der Waals surface area contributed by atoms with Gasteiger partial charge in [0.1, 0.15) is 5.75 Å². The van der Waals surface area contributed by atoms with E-state index in [4.69, 9.17) is 4.74 Å². The first-order valence-corrected chi connectivity index (χ1v) is 7.56. The van der Waals surface area contributed by atoms with Gasteiger partial charge < -0.3 is 4.74 Å². The number of thiophene rings is 1. The largest absolute Gasteiger partial charge is 0.485 e. The van der Waals surface area contributed by atoms with Crippen LogP contribution in [0.4, 0.5) is 0 Å². The molecule has 0 spiro atoms. The van der Waals surface area contributed by atoms with Crippen LogP contribution in [0.25, 0.3) is 0 Å². The second kappa shape index (κ2) is 5.80. The summed E-state index contributed by atoms with van der Waals surface area (Å²) in [4.78, 5) is 12.6.